The highest BCUT2D eigenvalue weighted by molar-refractivity contribution is 7.99. The number of amides is 2. The van der Waals surface area contributed by atoms with E-state index in [4.69, 9.17) is 0 Å². The summed E-state index contributed by atoms with van der Waals surface area (Å²) in [5.41, 5.74) is 1.39. The molecule has 8 heteroatoms. The van der Waals surface area contributed by atoms with Crippen molar-refractivity contribution in [3.63, 3.8) is 0 Å². The summed E-state index contributed by atoms with van der Waals surface area (Å²) in [6.07, 6.45) is 0.465. The Morgan fingerprint density at radius 2 is 1.92 bits per heavy atom. The molecule has 134 valence electrons. The first-order chi connectivity index (χ1) is 11.9. The zero-order valence-corrected chi connectivity index (χ0v) is 15.7. The summed E-state index contributed by atoms with van der Waals surface area (Å²) in [7, 11) is 0. The molecule has 0 saturated carbocycles. The predicted octanol–water partition coefficient (Wildman–Crippen LogP) is 4.14. The van der Waals surface area contributed by atoms with E-state index in [0.717, 1.165) is 5.69 Å². The van der Waals surface area contributed by atoms with Crippen molar-refractivity contribution < 1.29 is 14.0 Å². The lowest BCUT2D eigenvalue weighted by atomic mass is 10.1. The minimum absolute atomic E-state index is 0.0396. The summed E-state index contributed by atoms with van der Waals surface area (Å²) in [4.78, 5) is 27.9. The highest BCUT2D eigenvalue weighted by atomic mass is 32.2. The highest BCUT2D eigenvalue weighted by Gasteiger charge is 2.09. The molecule has 0 fully saturated rings. The minimum atomic E-state index is -0.341. The van der Waals surface area contributed by atoms with Crippen LogP contribution in [0.15, 0.2) is 29.6 Å². The third kappa shape index (κ3) is 7.23. The zero-order chi connectivity index (χ0) is 18.2. The topological polar surface area (TPSA) is 71.1 Å². The lowest BCUT2D eigenvalue weighted by Gasteiger charge is -2.04. The van der Waals surface area contributed by atoms with Crippen LogP contribution >= 0.6 is 23.1 Å². The van der Waals surface area contributed by atoms with Gasteiger partial charge in [-0.25, -0.2) is 9.37 Å². The summed E-state index contributed by atoms with van der Waals surface area (Å²) in [6.45, 7) is 3.97. The van der Waals surface area contributed by atoms with E-state index < -0.39 is 0 Å². The van der Waals surface area contributed by atoms with Gasteiger partial charge in [0.1, 0.15) is 5.82 Å². The molecule has 2 aromatic rings. The number of benzene rings is 1. The molecule has 0 atom stereocenters. The predicted molar refractivity (Wildman–Crippen MR) is 101 cm³/mol. The van der Waals surface area contributed by atoms with Crippen LogP contribution in [0.25, 0.3) is 0 Å². The first kappa shape index (κ1) is 19.4. The summed E-state index contributed by atoms with van der Waals surface area (Å²) >= 11 is 2.80. The average molecular weight is 381 g/mol. The molecule has 0 unspecified atom stereocenters. The number of carbonyl (C=O) groups excluding carboxylic acids is 2. The summed E-state index contributed by atoms with van der Waals surface area (Å²) in [5, 5.41) is 7.93. The minimum Gasteiger partial charge on any atom is -0.325 e. The largest absolute Gasteiger partial charge is 0.325 e. The van der Waals surface area contributed by atoms with E-state index >= 15 is 0 Å². The molecule has 0 aliphatic rings. The first-order valence-corrected chi connectivity index (χ1v) is 9.83. The molecular weight excluding hydrogens is 361 g/mol. The molecule has 2 amide bonds. The van der Waals surface area contributed by atoms with Gasteiger partial charge in [-0.05, 0) is 30.2 Å². The number of rotatable bonds is 8. The standard InChI is InChI=1S/C17H20FN3O2S2/c1-11(2)7-15(22)21-17-20-14(9-25-17)8-24-10-16(23)19-13-5-3-12(18)4-6-13/h3-6,9,11H,7-8,10H2,1-2H3,(H,19,23)(H,20,21,22). The van der Waals surface area contributed by atoms with Gasteiger partial charge in [-0.15, -0.1) is 23.1 Å². The second kappa shape index (κ2) is 9.53. The Hall–Kier alpha value is -1.93. The number of anilines is 2. The van der Waals surface area contributed by atoms with Crippen molar-refractivity contribution in [2.24, 2.45) is 5.92 Å². The van der Waals surface area contributed by atoms with Gasteiger partial charge in [0, 0.05) is 23.2 Å². The van der Waals surface area contributed by atoms with E-state index in [1.807, 2.05) is 19.2 Å². The quantitative estimate of drug-likeness (QED) is 0.721. The SMILES string of the molecule is CC(C)CC(=O)Nc1nc(CSCC(=O)Nc2ccc(F)cc2)cs1. The first-order valence-electron chi connectivity index (χ1n) is 7.80. The van der Waals surface area contributed by atoms with E-state index in [0.29, 0.717) is 28.9 Å². The van der Waals surface area contributed by atoms with Gasteiger partial charge in [-0.3, -0.25) is 9.59 Å². The fourth-order valence-electron chi connectivity index (χ4n) is 1.95. The number of nitrogens with one attached hydrogen (secondary N) is 2. The van der Waals surface area contributed by atoms with E-state index in [9.17, 15) is 14.0 Å². The van der Waals surface area contributed by atoms with Crippen LogP contribution in [0.3, 0.4) is 0 Å². The molecule has 5 nitrogen and oxygen atoms in total. The van der Waals surface area contributed by atoms with Crippen molar-refractivity contribution in [1.82, 2.24) is 4.98 Å². The number of carbonyl (C=O) groups is 2. The summed E-state index contributed by atoms with van der Waals surface area (Å²) < 4.78 is 12.8. The van der Waals surface area contributed by atoms with Gasteiger partial charge in [-0.1, -0.05) is 13.8 Å². The molecule has 1 aromatic heterocycles. The van der Waals surface area contributed by atoms with Crippen LogP contribution in [0.4, 0.5) is 15.2 Å². The Morgan fingerprint density at radius 3 is 2.60 bits per heavy atom. The molecule has 0 radical (unpaired) electrons. The van der Waals surface area contributed by atoms with Gasteiger partial charge in [0.15, 0.2) is 5.13 Å². The van der Waals surface area contributed by atoms with Crippen LogP contribution in [0.1, 0.15) is 26.0 Å². The van der Waals surface area contributed by atoms with E-state index in [1.54, 1.807) is 0 Å². The van der Waals surface area contributed by atoms with Crippen molar-refractivity contribution in [3.05, 3.63) is 41.2 Å². The van der Waals surface area contributed by atoms with Gasteiger partial charge < -0.3 is 10.6 Å². The molecule has 2 N–H and O–H groups in total. The van der Waals surface area contributed by atoms with Crippen molar-refractivity contribution >= 4 is 45.7 Å². The Labute approximate surface area is 154 Å². The maximum absolute atomic E-state index is 12.8. The number of nitrogens with zero attached hydrogens (tertiary/aromatic N) is 1. The van der Waals surface area contributed by atoms with Gasteiger partial charge in [0.2, 0.25) is 11.8 Å². The van der Waals surface area contributed by atoms with Crippen LogP contribution in [-0.4, -0.2) is 22.6 Å². The highest BCUT2D eigenvalue weighted by Crippen LogP contribution is 2.20. The average Bonchev–Trinajstić information content (AvgIpc) is 2.96. The van der Waals surface area contributed by atoms with Crippen molar-refractivity contribution in [2.45, 2.75) is 26.0 Å². The maximum Gasteiger partial charge on any atom is 0.234 e. The van der Waals surface area contributed by atoms with E-state index in [2.05, 4.69) is 15.6 Å². The zero-order valence-electron chi connectivity index (χ0n) is 14.0. The number of hydrogen-bond donors (Lipinski definition) is 2. The van der Waals surface area contributed by atoms with Crippen LogP contribution in [-0.2, 0) is 15.3 Å². The fraction of sp³-hybridized carbons (Fsp3) is 0.353. The molecule has 0 bridgehead atoms. The molecule has 2 rings (SSSR count). The molecule has 0 aliphatic heterocycles. The smallest absolute Gasteiger partial charge is 0.234 e. The van der Waals surface area contributed by atoms with Crippen LogP contribution in [0, 0.1) is 11.7 Å². The number of hydrogen-bond acceptors (Lipinski definition) is 5. The number of thioether (sulfide) groups is 1. The van der Waals surface area contributed by atoms with Gasteiger partial charge in [0.05, 0.1) is 11.4 Å². The van der Waals surface area contributed by atoms with Crippen molar-refractivity contribution in [2.75, 3.05) is 16.4 Å². The van der Waals surface area contributed by atoms with Gasteiger partial charge in [0.25, 0.3) is 0 Å². The molecule has 0 aliphatic carbocycles. The molecule has 0 spiro atoms. The Balaban J connectivity index is 1.72. The molecule has 25 heavy (non-hydrogen) atoms. The normalized spacial score (nSPS) is 10.7. The van der Waals surface area contributed by atoms with Crippen molar-refractivity contribution in [1.29, 1.82) is 0 Å². The van der Waals surface area contributed by atoms with Crippen LogP contribution in [0.5, 0.6) is 0 Å². The Bertz CT molecular complexity index is 717. The molecule has 0 saturated heterocycles. The maximum atomic E-state index is 12.8. The van der Waals surface area contributed by atoms with Crippen LogP contribution < -0.4 is 10.6 Å². The molecular formula is C17H20FN3O2S2. The monoisotopic (exact) mass is 381 g/mol. The number of aromatic nitrogens is 1. The lowest BCUT2D eigenvalue weighted by molar-refractivity contribution is -0.117. The third-order valence-electron chi connectivity index (χ3n) is 3.00. The van der Waals surface area contributed by atoms with Gasteiger partial charge in [-0.2, -0.15) is 0 Å². The lowest BCUT2D eigenvalue weighted by Crippen LogP contribution is -2.14. The molecule has 1 aromatic carbocycles. The molecule has 1 heterocycles. The van der Waals surface area contributed by atoms with Gasteiger partial charge >= 0.3 is 0 Å². The van der Waals surface area contributed by atoms with E-state index in [1.165, 1.54) is 47.4 Å². The number of thiazole rings is 1. The van der Waals surface area contributed by atoms with Crippen LogP contribution in [0.2, 0.25) is 0 Å². The summed E-state index contributed by atoms with van der Waals surface area (Å²) in [5.74, 6) is 0.610. The Kier molecular flexibility index (Phi) is 7.39. The number of halogens is 1. The summed E-state index contributed by atoms with van der Waals surface area (Å²) in [6, 6.07) is 5.63. The second-order valence-corrected chi connectivity index (χ2v) is 7.68. The Morgan fingerprint density at radius 1 is 1.20 bits per heavy atom. The second-order valence-electron chi connectivity index (χ2n) is 5.84. The third-order valence-corrected chi connectivity index (χ3v) is 4.78. The fourth-order valence-corrected chi connectivity index (χ4v) is 3.50. The van der Waals surface area contributed by atoms with E-state index in [-0.39, 0.29) is 23.4 Å². The van der Waals surface area contributed by atoms with Crippen molar-refractivity contribution in [3.8, 4) is 0 Å².